The number of anilines is 1. The van der Waals surface area contributed by atoms with Gasteiger partial charge in [0.15, 0.2) is 5.82 Å². The van der Waals surface area contributed by atoms with E-state index in [9.17, 15) is 13.6 Å². The molecule has 1 amide bonds. The minimum atomic E-state index is -0.733. The molecule has 2 aromatic carbocycles. The molecule has 1 aliphatic heterocycles. The van der Waals surface area contributed by atoms with Crippen LogP contribution in [0.5, 0.6) is 17.4 Å². The molecule has 148 valence electrons. The van der Waals surface area contributed by atoms with Crippen molar-refractivity contribution in [2.45, 2.75) is 19.5 Å². The van der Waals surface area contributed by atoms with E-state index in [2.05, 4.69) is 10.2 Å². The van der Waals surface area contributed by atoms with Crippen LogP contribution >= 0.6 is 0 Å². The Balaban J connectivity index is 1.63. The summed E-state index contributed by atoms with van der Waals surface area (Å²) in [6.07, 6.45) is 0.740. The van der Waals surface area contributed by atoms with E-state index in [0.717, 1.165) is 0 Å². The predicted molar refractivity (Wildman–Crippen MR) is 99.3 cm³/mol. The summed E-state index contributed by atoms with van der Waals surface area (Å²) in [5, 5.41) is 7.44. The van der Waals surface area contributed by atoms with Crippen LogP contribution in [0.1, 0.15) is 24.1 Å². The minimum absolute atomic E-state index is 0.0297. The molecule has 29 heavy (non-hydrogen) atoms. The van der Waals surface area contributed by atoms with Gasteiger partial charge < -0.3 is 15.2 Å². The van der Waals surface area contributed by atoms with Gasteiger partial charge in [-0.25, -0.2) is 13.6 Å². The first-order valence-corrected chi connectivity index (χ1v) is 8.74. The van der Waals surface area contributed by atoms with Crippen molar-refractivity contribution in [2.24, 2.45) is 0 Å². The molecule has 0 saturated carbocycles. The number of nitrogens with two attached hydrogens (primary N) is 1. The number of ether oxygens (including phenoxy) is 2. The number of benzene rings is 2. The van der Waals surface area contributed by atoms with Gasteiger partial charge in [-0.1, -0.05) is 12.1 Å². The molecule has 1 aromatic heterocycles. The summed E-state index contributed by atoms with van der Waals surface area (Å²) in [6, 6.07) is 9.56. The second kappa shape index (κ2) is 7.34. The first-order chi connectivity index (χ1) is 13.9. The fourth-order valence-corrected chi connectivity index (χ4v) is 3.15. The zero-order chi connectivity index (χ0) is 20.5. The van der Waals surface area contributed by atoms with Crippen LogP contribution in [0, 0.1) is 11.6 Å². The molecule has 9 heteroatoms. The molecule has 0 aliphatic carbocycles. The molecule has 7 nitrogen and oxygen atoms in total. The second-order valence-electron chi connectivity index (χ2n) is 6.47. The third-order valence-corrected chi connectivity index (χ3v) is 4.60. The summed E-state index contributed by atoms with van der Waals surface area (Å²) in [4.78, 5) is 13.7. The van der Waals surface area contributed by atoms with E-state index < -0.39 is 23.8 Å². The fraction of sp³-hybridized carbons (Fsp3) is 0.150. The summed E-state index contributed by atoms with van der Waals surface area (Å²) >= 11 is 0. The largest absolute Gasteiger partial charge is 0.437 e. The second-order valence-corrected chi connectivity index (χ2v) is 6.47. The minimum Gasteiger partial charge on any atom is -0.437 e. The molecule has 1 atom stereocenters. The first kappa shape index (κ1) is 18.6. The Morgan fingerprint density at radius 1 is 1.24 bits per heavy atom. The van der Waals surface area contributed by atoms with E-state index in [1.165, 1.54) is 35.4 Å². The van der Waals surface area contributed by atoms with Crippen molar-refractivity contribution >= 4 is 11.8 Å². The lowest BCUT2D eigenvalue weighted by molar-refractivity contribution is 0.114. The molecule has 0 saturated heterocycles. The van der Waals surface area contributed by atoms with Crippen molar-refractivity contribution in [1.82, 2.24) is 15.1 Å². The predicted octanol–water partition coefficient (Wildman–Crippen LogP) is 4.20. The molecule has 2 N–H and O–H groups in total. The maximum atomic E-state index is 14.8. The van der Waals surface area contributed by atoms with Crippen LogP contribution in [0.25, 0.3) is 0 Å². The number of halogens is 2. The number of carbonyl (C=O) groups excluding carboxylic acids is 1. The van der Waals surface area contributed by atoms with E-state index >= 15 is 0 Å². The molecule has 1 aliphatic rings. The van der Waals surface area contributed by atoms with E-state index in [4.69, 9.17) is 15.2 Å². The van der Waals surface area contributed by atoms with Crippen LogP contribution in [0.4, 0.5) is 19.3 Å². The third-order valence-electron chi connectivity index (χ3n) is 4.60. The highest BCUT2D eigenvalue weighted by Crippen LogP contribution is 2.40. The third kappa shape index (κ3) is 3.54. The van der Waals surface area contributed by atoms with Crippen LogP contribution < -0.4 is 15.2 Å². The summed E-state index contributed by atoms with van der Waals surface area (Å²) in [7, 11) is 0. The Labute approximate surface area is 164 Å². The zero-order valence-electron chi connectivity index (χ0n) is 15.3. The van der Waals surface area contributed by atoms with Crippen LogP contribution in [-0.4, -0.2) is 21.2 Å². The highest BCUT2D eigenvalue weighted by atomic mass is 19.1. The lowest BCUT2D eigenvalue weighted by Crippen LogP contribution is -2.40. The number of hydrogen-bond acceptors (Lipinski definition) is 6. The number of rotatable bonds is 4. The van der Waals surface area contributed by atoms with Crippen LogP contribution in [0.3, 0.4) is 0 Å². The van der Waals surface area contributed by atoms with Gasteiger partial charge in [0.1, 0.15) is 17.3 Å². The van der Waals surface area contributed by atoms with Crippen molar-refractivity contribution in [3.63, 3.8) is 0 Å². The number of carbonyl (C=O) groups is 1. The monoisotopic (exact) mass is 398 g/mol. The van der Waals surface area contributed by atoms with Crippen molar-refractivity contribution in [1.29, 1.82) is 0 Å². The lowest BCUT2D eigenvalue weighted by atomic mass is 10.0. The van der Waals surface area contributed by atoms with E-state index in [0.29, 0.717) is 0 Å². The van der Waals surface area contributed by atoms with Crippen molar-refractivity contribution < 1.29 is 23.0 Å². The normalized spacial score (nSPS) is 15.6. The topological polar surface area (TPSA) is 90.6 Å². The van der Waals surface area contributed by atoms with Crippen molar-refractivity contribution in [2.75, 3.05) is 5.73 Å². The van der Waals surface area contributed by atoms with E-state index in [1.54, 1.807) is 25.1 Å². The van der Waals surface area contributed by atoms with Gasteiger partial charge >= 0.3 is 6.09 Å². The molecule has 2 heterocycles. The Morgan fingerprint density at radius 2 is 2.07 bits per heavy atom. The number of hydrogen-bond donors (Lipinski definition) is 1. The maximum absolute atomic E-state index is 14.8. The Hall–Kier alpha value is -3.75. The van der Waals surface area contributed by atoms with Gasteiger partial charge in [0.25, 0.3) is 0 Å². The molecule has 0 radical (unpaired) electrons. The van der Waals surface area contributed by atoms with Crippen molar-refractivity contribution in [3.8, 4) is 17.4 Å². The molecular formula is C20H16F2N4O3. The fourth-order valence-electron chi connectivity index (χ4n) is 3.15. The van der Waals surface area contributed by atoms with Crippen LogP contribution in [0.2, 0.25) is 0 Å². The van der Waals surface area contributed by atoms with Gasteiger partial charge in [-0.05, 0) is 19.1 Å². The van der Waals surface area contributed by atoms with Crippen LogP contribution in [-0.2, 0) is 6.54 Å². The van der Waals surface area contributed by atoms with E-state index in [-0.39, 0.29) is 40.7 Å². The summed E-state index contributed by atoms with van der Waals surface area (Å²) in [5.74, 6) is -0.936. The molecule has 3 aromatic rings. The molecule has 4 rings (SSSR count). The van der Waals surface area contributed by atoms with Gasteiger partial charge in [0.2, 0.25) is 5.88 Å². The number of nitrogens with zero attached hydrogens (tertiary/aromatic N) is 3. The van der Waals surface area contributed by atoms with Gasteiger partial charge in [0, 0.05) is 30.0 Å². The highest BCUT2D eigenvalue weighted by Gasteiger charge is 2.35. The van der Waals surface area contributed by atoms with Gasteiger partial charge in [0.05, 0.1) is 23.8 Å². The molecule has 0 fully saturated rings. The summed E-state index contributed by atoms with van der Waals surface area (Å²) in [5.41, 5.74) is 5.93. The Morgan fingerprint density at radius 3 is 2.83 bits per heavy atom. The molecule has 0 spiro atoms. The quantitative estimate of drug-likeness (QED) is 0.662. The van der Waals surface area contributed by atoms with Gasteiger partial charge in [-0.15, -0.1) is 5.10 Å². The molecule has 0 unspecified atom stereocenters. The van der Waals surface area contributed by atoms with Gasteiger partial charge in [-0.2, -0.15) is 5.10 Å². The summed E-state index contributed by atoms with van der Waals surface area (Å²) < 4.78 is 39.8. The Bertz CT molecular complexity index is 1080. The highest BCUT2D eigenvalue weighted by molar-refractivity contribution is 5.75. The number of aromatic nitrogens is 2. The maximum Gasteiger partial charge on any atom is 0.416 e. The van der Waals surface area contributed by atoms with Crippen molar-refractivity contribution in [3.05, 3.63) is 71.4 Å². The zero-order valence-corrected chi connectivity index (χ0v) is 15.3. The standard InChI is InChI=1S/C20H16F2N4O3/c1-11-18-14(21)8-13(28-17-6-3-7-24-25-17)9-16(18)29-20(27)26(11)10-12-4-2-5-15(23)19(12)22/h2-9,11H,10,23H2,1H3/t11-/m1/s1. The number of fused-ring (bicyclic) bond motifs is 1. The SMILES string of the molecule is C[C@@H]1c2c(F)cc(Oc3cccnn3)cc2OC(=O)N1Cc1cccc(N)c1F. The van der Waals surface area contributed by atoms with Gasteiger partial charge in [-0.3, -0.25) is 4.90 Å². The first-order valence-electron chi connectivity index (χ1n) is 8.74. The summed E-state index contributed by atoms with van der Waals surface area (Å²) in [6.45, 7) is 1.52. The van der Waals surface area contributed by atoms with E-state index in [1.807, 2.05) is 0 Å². The molecule has 0 bridgehead atoms. The molecular weight excluding hydrogens is 382 g/mol. The average molecular weight is 398 g/mol. The number of nitrogen functional groups attached to an aromatic ring is 1. The smallest absolute Gasteiger partial charge is 0.416 e. The average Bonchev–Trinajstić information content (AvgIpc) is 2.68. The van der Waals surface area contributed by atoms with Crippen LogP contribution in [0.15, 0.2) is 48.7 Å². The number of amides is 1. The Kier molecular flexibility index (Phi) is 4.71. The lowest BCUT2D eigenvalue weighted by Gasteiger charge is -2.34.